The average Bonchev–Trinajstić information content (AvgIpc) is 2.33. The van der Waals surface area contributed by atoms with Crippen LogP contribution < -0.4 is 11.1 Å². The van der Waals surface area contributed by atoms with Gasteiger partial charge < -0.3 is 11.1 Å². The molecule has 0 spiro atoms. The fourth-order valence-corrected chi connectivity index (χ4v) is 2.19. The third-order valence-corrected chi connectivity index (χ3v) is 3.40. The van der Waals surface area contributed by atoms with Gasteiger partial charge in [0.2, 0.25) is 11.8 Å². The minimum absolute atomic E-state index is 0.133. The van der Waals surface area contributed by atoms with Crippen LogP contribution in [0, 0.1) is 0 Å². The highest BCUT2D eigenvalue weighted by Gasteiger charge is 2.33. The first-order chi connectivity index (χ1) is 9.20. The summed E-state index contributed by atoms with van der Waals surface area (Å²) in [5.74, 6) is -1.34. The van der Waals surface area contributed by atoms with E-state index in [-0.39, 0.29) is 17.2 Å². The normalized spacial score (nSPS) is 11.2. The van der Waals surface area contributed by atoms with Gasteiger partial charge in [0.15, 0.2) is 0 Å². The molecule has 20 heavy (non-hydrogen) atoms. The molecule has 110 valence electrons. The summed E-state index contributed by atoms with van der Waals surface area (Å²) in [6, 6.07) is 3.37. The molecule has 0 atom stereocenters. The lowest BCUT2D eigenvalue weighted by molar-refractivity contribution is -0.137. The predicted octanol–water partition coefficient (Wildman–Crippen LogP) is 2.05. The van der Waals surface area contributed by atoms with E-state index in [2.05, 4.69) is 5.32 Å². The number of rotatable bonds is 5. The van der Waals surface area contributed by atoms with Gasteiger partial charge in [0.1, 0.15) is 0 Å². The number of halogens is 4. The van der Waals surface area contributed by atoms with E-state index in [1.165, 1.54) is 6.07 Å². The number of hydrogen-bond acceptors (Lipinski definition) is 3. The SMILES string of the molecule is NC(=O)CNC(=O)CSc1ccc(Cl)c(C(F)(F)F)c1. The molecule has 1 aromatic carbocycles. The minimum Gasteiger partial charge on any atom is -0.368 e. The maximum atomic E-state index is 12.6. The average molecular weight is 327 g/mol. The number of carbonyl (C=O) groups excluding carboxylic acids is 2. The van der Waals surface area contributed by atoms with Crippen molar-refractivity contribution < 1.29 is 22.8 Å². The molecule has 9 heteroatoms. The van der Waals surface area contributed by atoms with Gasteiger partial charge in [-0.25, -0.2) is 0 Å². The van der Waals surface area contributed by atoms with Crippen LogP contribution in [0.5, 0.6) is 0 Å². The maximum Gasteiger partial charge on any atom is 0.417 e. The summed E-state index contributed by atoms with van der Waals surface area (Å²) < 4.78 is 37.8. The van der Waals surface area contributed by atoms with Crippen LogP contribution in [0.1, 0.15) is 5.56 Å². The predicted molar refractivity (Wildman–Crippen MR) is 69.4 cm³/mol. The van der Waals surface area contributed by atoms with Crippen LogP contribution >= 0.6 is 23.4 Å². The van der Waals surface area contributed by atoms with E-state index >= 15 is 0 Å². The van der Waals surface area contributed by atoms with Crippen molar-refractivity contribution in [1.82, 2.24) is 5.32 Å². The Bertz CT molecular complexity index is 523. The minimum atomic E-state index is -4.55. The van der Waals surface area contributed by atoms with E-state index in [0.29, 0.717) is 0 Å². The number of carbonyl (C=O) groups is 2. The van der Waals surface area contributed by atoms with E-state index in [1.807, 2.05) is 0 Å². The van der Waals surface area contributed by atoms with Gasteiger partial charge in [-0.2, -0.15) is 13.2 Å². The van der Waals surface area contributed by atoms with Crippen LogP contribution in [0.2, 0.25) is 5.02 Å². The van der Waals surface area contributed by atoms with Gasteiger partial charge in [0, 0.05) is 4.90 Å². The number of nitrogens with one attached hydrogen (secondary N) is 1. The zero-order valence-corrected chi connectivity index (χ0v) is 11.5. The quantitative estimate of drug-likeness (QED) is 0.813. The Balaban J connectivity index is 2.65. The Morgan fingerprint density at radius 1 is 1.35 bits per heavy atom. The molecule has 0 saturated heterocycles. The van der Waals surface area contributed by atoms with Crippen molar-refractivity contribution in [3.05, 3.63) is 28.8 Å². The van der Waals surface area contributed by atoms with Crippen LogP contribution in [0.15, 0.2) is 23.1 Å². The third kappa shape index (κ3) is 5.30. The molecule has 0 aromatic heterocycles. The summed E-state index contributed by atoms with van der Waals surface area (Å²) >= 11 is 6.36. The van der Waals surface area contributed by atoms with E-state index in [9.17, 15) is 22.8 Å². The Labute approximate surface area is 121 Å². The van der Waals surface area contributed by atoms with Gasteiger partial charge >= 0.3 is 6.18 Å². The van der Waals surface area contributed by atoms with Crippen LogP contribution in [0.25, 0.3) is 0 Å². The molecule has 0 aliphatic heterocycles. The molecule has 4 nitrogen and oxygen atoms in total. The maximum absolute atomic E-state index is 12.6. The summed E-state index contributed by atoms with van der Waals surface area (Å²) in [6.07, 6.45) is -4.55. The summed E-state index contributed by atoms with van der Waals surface area (Å²) in [4.78, 5) is 22.0. The first-order valence-electron chi connectivity index (χ1n) is 5.24. The lowest BCUT2D eigenvalue weighted by Gasteiger charge is -2.10. The topological polar surface area (TPSA) is 72.2 Å². The Hall–Kier alpha value is -1.41. The molecule has 0 saturated carbocycles. The second-order valence-corrected chi connectivity index (χ2v) is 5.13. The molecule has 3 N–H and O–H groups in total. The molecular weight excluding hydrogens is 317 g/mol. The first-order valence-corrected chi connectivity index (χ1v) is 6.61. The van der Waals surface area contributed by atoms with Crippen molar-refractivity contribution >= 4 is 35.2 Å². The van der Waals surface area contributed by atoms with Crippen molar-refractivity contribution in [2.24, 2.45) is 5.73 Å². The molecule has 0 fully saturated rings. The number of benzene rings is 1. The van der Waals surface area contributed by atoms with Gasteiger partial charge in [-0.05, 0) is 18.2 Å². The molecule has 0 aliphatic carbocycles. The van der Waals surface area contributed by atoms with Crippen molar-refractivity contribution in [2.75, 3.05) is 12.3 Å². The molecular formula is C11H10ClF3N2O2S. The lowest BCUT2D eigenvalue weighted by Crippen LogP contribution is -2.34. The van der Waals surface area contributed by atoms with Gasteiger partial charge in [-0.3, -0.25) is 9.59 Å². The van der Waals surface area contributed by atoms with Gasteiger partial charge in [-0.15, -0.1) is 11.8 Å². The summed E-state index contributed by atoms with van der Waals surface area (Å²) in [5.41, 5.74) is 3.88. The van der Waals surface area contributed by atoms with E-state index in [4.69, 9.17) is 17.3 Å². The van der Waals surface area contributed by atoms with Crippen molar-refractivity contribution in [3.63, 3.8) is 0 Å². The second-order valence-electron chi connectivity index (χ2n) is 3.67. The molecule has 2 amide bonds. The van der Waals surface area contributed by atoms with Crippen LogP contribution in [0.3, 0.4) is 0 Å². The number of alkyl halides is 3. The fraction of sp³-hybridized carbons (Fsp3) is 0.273. The molecule has 0 aliphatic rings. The van der Waals surface area contributed by atoms with Crippen molar-refractivity contribution in [3.8, 4) is 0 Å². The highest BCUT2D eigenvalue weighted by molar-refractivity contribution is 8.00. The molecule has 1 aromatic rings. The molecule has 0 bridgehead atoms. The zero-order valence-electron chi connectivity index (χ0n) is 9.96. The first kappa shape index (κ1) is 16.6. The summed E-state index contributed by atoms with van der Waals surface area (Å²) in [5, 5.41) is 1.82. The standard InChI is InChI=1S/C11H10ClF3N2O2S/c12-8-2-1-6(3-7(8)11(13,14)15)20-5-10(19)17-4-9(16)18/h1-3H,4-5H2,(H2,16,18)(H,17,19). The summed E-state index contributed by atoms with van der Waals surface area (Å²) in [6.45, 7) is -0.312. The Kier molecular flexibility index (Phi) is 5.70. The smallest absolute Gasteiger partial charge is 0.368 e. The highest BCUT2D eigenvalue weighted by Crippen LogP contribution is 2.36. The molecule has 0 heterocycles. The summed E-state index contributed by atoms with van der Waals surface area (Å²) in [7, 11) is 0. The van der Waals surface area contributed by atoms with Crippen molar-refractivity contribution in [2.45, 2.75) is 11.1 Å². The highest BCUT2D eigenvalue weighted by atomic mass is 35.5. The van der Waals surface area contributed by atoms with E-state index in [0.717, 1.165) is 23.9 Å². The van der Waals surface area contributed by atoms with Gasteiger partial charge in [0.05, 0.1) is 22.9 Å². The monoisotopic (exact) mass is 326 g/mol. The Morgan fingerprint density at radius 3 is 2.55 bits per heavy atom. The molecule has 0 radical (unpaired) electrons. The molecule has 1 rings (SSSR count). The third-order valence-electron chi connectivity index (χ3n) is 2.07. The zero-order chi connectivity index (χ0) is 15.3. The van der Waals surface area contributed by atoms with E-state index in [1.54, 1.807) is 0 Å². The van der Waals surface area contributed by atoms with Gasteiger partial charge in [-0.1, -0.05) is 11.6 Å². The number of nitrogens with two attached hydrogens (primary N) is 1. The molecule has 0 unspecified atom stereocenters. The number of hydrogen-bond donors (Lipinski definition) is 2. The lowest BCUT2D eigenvalue weighted by atomic mass is 10.2. The van der Waals surface area contributed by atoms with Crippen LogP contribution in [-0.4, -0.2) is 24.1 Å². The second kappa shape index (κ2) is 6.85. The largest absolute Gasteiger partial charge is 0.417 e. The Morgan fingerprint density at radius 2 is 2.00 bits per heavy atom. The van der Waals surface area contributed by atoms with Crippen molar-refractivity contribution in [1.29, 1.82) is 0 Å². The van der Waals surface area contributed by atoms with Crippen LogP contribution in [-0.2, 0) is 15.8 Å². The number of primary amides is 1. The number of thioether (sulfide) groups is 1. The van der Waals surface area contributed by atoms with Gasteiger partial charge in [0.25, 0.3) is 0 Å². The van der Waals surface area contributed by atoms with E-state index < -0.39 is 28.6 Å². The van der Waals surface area contributed by atoms with Crippen LogP contribution in [0.4, 0.5) is 13.2 Å². The number of amides is 2. The fourth-order valence-electron chi connectivity index (χ4n) is 1.20.